The number of rotatable bonds is 3. The number of carboxylic acids is 1. The normalized spacial score (nSPS) is 29.2. The van der Waals surface area contributed by atoms with Crippen molar-refractivity contribution in [2.75, 3.05) is 25.0 Å². The lowest BCUT2D eigenvalue weighted by Gasteiger charge is -2.45. The maximum atomic E-state index is 11.3. The van der Waals surface area contributed by atoms with Gasteiger partial charge in [-0.2, -0.15) is 0 Å². The van der Waals surface area contributed by atoms with Gasteiger partial charge in [-0.25, -0.2) is 4.79 Å². The molecular formula is C15H20N2O2. The van der Waals surface area contributed by atoms with Crippen molar-refractivity contribution >= 4 is 11.7 Å². The van der Waals surface area contributed by atoms with Crippen molar-refractivity contribution in [2.45, 2.75) is 25.8 Å². The molecule has 0 saturated carbocycles. The molecule has 3 fully saturated rings. The van der Waals surface area contributed by atoms with Gasteiger partial charge < -0.3 is 15.3 Å². The summed E-state index contributed by atoms with van der Waals surface area (Å²) in [4.78, 5) is 13.8. The van der Waals surface area contributed by atoms with Gasteiger partial charge in [-0.05, 0) is 56.5 Å². The average Bonchev–Trinajstić information content (AvgIpc) is 2.40. The Morgan fingerprint density at radius 3 is 2.68 bits per heavy atom. The van der Waals surface area contributed by atoms with Crippen molar-refractivity contribution in [2.24, 2.45) is 5.92 Å². The Labute approximate surface area is 113 Å². The summed E-state index contributed by atoms with van der Waals surface area (Å²) >= 11 is 0. The molecule has 19 heavy (non-hydrogen) atoms. The van der Waals surface area contributed by atoms with Gasteiger partial charge in [0.25, 0.3) is 0 Å². The maximum Gasteiger partial charge on any atom is 0.337 e. The standard InChI is InChI=1S/C15H20N2O2/c1-10-2-3-12(15(18)19)13(8-10)16-14-9-17-6-4-11(14)5-7-17/h2-3,8,11,14,16H,4-7,9H2,1H3,(H,18,19). The van der Waals surface area contributed by atoms with Gasteiger partial charge in [0, 0.05) is 18.3 Å². The van der Waals surface area contributed by atoms with Crippen molar-refractivity contribution in [3.05, 3.63) is 29.3 Å². The smallest absolute Gasteiger partial charge is 0.337 e. The lowest BCUT2D eigenvalue weighted by molar-refractivity contribution is 0.0697. The molecule has 3 saturated heterocycles. The molecule has 102 valence electrons. The third kappa shape index (κ3) is 2.45. The molecular weight excluding hydrogens is 240 g/mol. The van der Waals surface area contributed by atoms with Crippen LogP contribution < -0.4 is 5.32 Å². The number of hydrogen-bond acceptors (Lipinski definition) is 3. The third-order valence-corrected chi connectivity index (χ3v) is 4.40. The lowest BCUT2D eigenvalue weighted by atomic mass is 9.84. The molecule has 1 aromatic rings. The first kappa shape index (κ1) is 12.5. The second kappa shape index (κ2) is 4.85. The Kier molecular flexibility index (Phi) is 3.19. The van der Waals surface area contributed by atoms with Gasteiger partial charge in [0.2, 0.25) is 0 Å². The molecule has 0 spiro atoms. The van der Waals surface area contributed by atoms with Crippen LogP contribution in [0.4, 0.5) is 5.69 Å². The summed E-state index contributed by atoms with van der Waals surface area (Å²) in [5, 5.41) is 12.7. The molecule has 0 radical (unpaired) electrons. The Morgan fingerprint density at radius 2 is 2.11 bits per heavy atom. The fraction of sp³-hybridized carbons (Fsp3) is 0.533. The zero-order valence-corrected chi connectivity index (χ0v) is 11.2. The van der Waals surface area contributed by atoms with Crippen LogP contribution in [0.5, 0.6) is 0 Å². The molecule has 2 bridgehead atoms. The number of carboxylic acid groups (broad SMARTS) is 1. The van der Waals surface area contributed by atoms with Crippen LogP contribution in [0.25, 0.3) is 0 Å². The summed E-state index contributed by atoms with van der Waals surface area (Å²) in [7, 11) is 0. The van der Waals surface area contributed by atoms with Crippen LogP contribution >= 0.6 is 0 Å². The quantitative estimate of drug-likeness (QED) is 0.875. The van der Waals surface area contributed by atoms with Gasteiger partial charge in [-0.15, -0.1) is 0 Å². The summed E-state index contributed by atoms with van der Waals surface area (Å²) in [6.45, 7) is 5.43. The summed E-state index contributed by atoms with van der Waals surface area (Å²) < 4.78 is 0. The minimum Gasteiger partial charge on any atom is -0.478 e. The first-order valence-electron chi connectivity index (χ1n) is 6.96. The number of aryl methyl sites for hydroxylation is 1. The second-order valence-electron chi connectivity index (χ2n) is 5.74. The molecule has 2 N–H and O–H groups in total. The van der Waals surface area contributed by atoms with Crippen LogP contribution in [-0.2, 0) is 0 Å². The zero-order chi connectivity index (χ0) is 13.4. The lowest BCUT2D eigenvalue weighted by Crippen LogP contribution is -2.53. The van der Waals surface area contributed by atoms with E-state index in [-0.39, 0.29) is 0 Å². The fourth-order valence-electron chi connectivity index (χ4n) is 3.29. The van der Waals surface area contributed by atoms with Gasteiger partial charge in [0.15, 0.2) is 0 Å². The van der Waals surface area contributed by atoms with Crippen LogP contribution in [0.15, 0.2) is 18.2 Å². The van der Waals surface area contributed by atoms with Crippen molar-refractivity contribution in [3.63, 3.8) is 0 Å². The van der Waals surface area contributed by atoms with E-state index in [1.807, 2.05) is 19.1 Å². The van der Waals surface area contributed by atoms with Crippen LogP contribution in [0.1, 0.15) is 28.8 Å². The Balaban J connectivity index is 1.83. The number of anilines is 1. The van der Waals surface area contributed by atoms with Crippen molar-refractivity contribution < 1.29 is 9.90 Å². The monoisotopic (exact) mass is 260 g/mol. The topological polar surface area (TPSA) is 52.6 Å². The van der Waals surface area contributed by atoms with Crippen molar-refractivity contribution in [1.29, 1.82) is 0 Å². The summed E-state index contributed by atoms with van der Waals surface area (Å²) in [6, 6.07) is 5.88. The van der Waals surface area contributed by atoms with Gasteiger partial charge in [-0.1, -0.05) is 6.07 Å². The number of aromatic carboxylic acids is 1. The zero-order valence-electron chi connectivity index (χ0n) is 11.2. The molecule has 0 amide bonds. The van der Waals surface area contributed by atoms with E-state index in [9.17, 15) is 9.90 Å². The van der Waals surface area contributed by atoms with Crippen molar-refractivity contribution in [1.82, 2.24) is 4.90 Å². The van der Waals surface area contributed by atoms with E-state index in [1.54, 1.807) is 6.07 Å². The number of nitrogens with zero attached hydrogens (tertiary/aromatic N) is 1. The van der Waals surface area contributed by atoms with E-state index in [0.29, 0.717) is 17.5 Å². The van der Waals surface area contributed by atoms with E-state index in [4.69, 9.17) is 0 Å². The number of hydrogen-bond donors (Lipinski definition) is 2. The van der Waals surface area contributed by atoms with E-state index >= 15 is 0 Å². The number of nitrogens with one attached hydrogen (secondary N) is 1. The average molecular weight is 260 g/mol. The van der Waals surface area contributed by atoms with E-state index < -0.39 is 5.97 Å². The summed E-state index contributed by atoms with van der Waals surface area (Å²) in [5.74, 6) is -0.170. The molecule has 1 unspecified atom stereocenters. The summed E-state index contributed by atoms with van der Waals surface area (Å²) in [6.07, 6.45) is 2.46. The Morgan fingerprint density at radius 1 is 1.37 bits per heavy atom. The minimum absolute atomic E-state index is 0.377. The minimum atomic E-state index is -0.858. The van der Waals surface area contributed by atoms with E-state index in [0.717, 1.165) is 17.8 Å². The first-order chi connectivity index (χ1) is 9.13. The SMILES string of the molecule is Cc1ccc(C(=O)O)c(NC2CN3CCC2CC3)c1. The number of carbonyl (C=O) groups is 1. The molecule has 1 atom stereocenters. The Hall–Kier alpha value is -1.55. The number of piperidine rings is 3. The molecule has 4 nitrogen and oxygen atoms in total. The first-order valence-corrected chi connectivity index (χ1v) is 6.96. The fourth-order valence-corrected chi connectivity index (χ4v) is 3.29. The van der Waals surface area contributed by atoms with Crippen LogP contribution in [-0.4, -0.2) is 41.7 Å². The van der Waals surface area contributed by atoms with Gasteiger partial charge in [0.1, 0.15) is 0 Å². The van der Waals surface area contributed by atoms with Crippen LogP contribution in [0.2, 0.25) is 0 Å². The highest BCUT2D eigenvalue weighted by molar-refractivity contribution is 5.94. The highest BCUT2D eigenvalue weighted by Crippen LogP contribution is 2.30. The van der Waals surface area contributed by atoms with Gasteiger partial charge in [-0.3, -0.25) is 0 Å². The maximum absolute atomic E-state index is 11.3. The highest BCUT2D eigenvalue weighted by atomic mass is 16.4. The molecule has 4 rings (SSSR count). The molecule has 0 aliphatic carbocycles. The van der Waals surface area contributed by atoms with Crippen molar-refractivity contribution in [3.8, 4) is 0 Å². The highest BCUT2D eigenvalue weighted by Gasteiger charge is 2.34. The largest absolute Gasteiger partial charge is 0.478 e. The van der Waals surface area contributed by atoms with Gasteiger partial charge >= 0.3 is 5.97 Å². The van der Waals surface area contributed by atoms with E-state index in [1.165, 1.54) is 25.9 Å². The molecule has 1 aromatic carbocycles. The number of benzene rings is 1. The van der Waals surface area contributed by atoms with Crippen LogP contribution in [0, 0.1) is 12.8 Å². The predicted molar refractivity (Wildman–Crippen MR) is 74.7 cm³/mol. The number of fused-ring (bicyclic) bond motifs is 3. The molecule has 3 aliphatic heterocycles. The summed E-state index contributed by atoms with van der Waals surface area (Å²) in [5.41, 5.74) is 2.24. The molecule has 4 heteroatoms. The second-order valence-corrected chi connectivity index (χ2v) is 5.74. The molecule has 3 heterocycles. The Bertz CT molecular complexity index is 493. The van der Waals surface area contributed by atoms with Gasteiger partial charge in [0.05, 0.1) is 5.56 Å². The molecule has 0 aromatic heterocycles. The third-order valence-electron chi connectivity index (χ3n) is 4.40. The van der Waals surface area contributed by atoms with E-state index in [2.05, 4.69) is 10.2 Å². The van der Waals surface area contributed by atoms with Crippen LogP contribution in [0.3, 0.4) is 0 Å². The molecule has 3 aliphatic rings. The predicted octanol–water partition coefficient (Wildman–Crippen LogP) is 2.20.